The fourth-order valence-electron chi connectivity index (χ4n) is 11.4. The number of hydrogen-bond acceptors (Lipinski definition) is 12. The van der Waals surface area contributed by atoms with Gasteiger partial charge < -0.3 is 46.3 Å². The third kappa shape index (κ3) is 11.2. The van der Waals surface area contributed by atoms with Crippen LogP contribution in [0.4, 0.5) is 30.2 Å². The van der Waals surface area contributed by atoms with Crippen LogP contribution in [0.25, 0.3) is 0 Å². The third-order valence-electron chi connectivity index (χ3n) is 15.9. The quantitative estimate of drug-likeness (QED) is 0.0838. The van der Waals surface area contributed by atoms with Crippen molar-refractivity contribution in [3.05, 3.63) is 124 Å². The molecule has 0 bridgehead atoms. The van der Waals surface area contributed by atoms with E-state index < -0.39 is 70.5 Å². The van der Waals surface area contributed by atoms with Gasteiger partial charge in [-0.05, 0) is 125 Å². The van der Waals surface area contributed by atoms with Gasteiger partial charge in [0.05, 0.1) is 25.3 Å². The number of para-hydroxylation sites is 1. The van der Waals surface area contributed by atoms with E-state index in [2.05, 4.69) is 55.5 Å². The van der Waals surface area contributed by atoms with Crippen LogP contribution in [0, 0.1) is 23.4 Å². The van der Waals surface area contributed by atoms with Crippen molar-refractivity contribution in [2.45, 2.75) is 101 Å². The zero-order valence-electron chi connectivity index (χ0n) is 43.2. The molecule has 0 aliphatic carbocycles. The lowest BCUT2D eigenvalue weighted by Crippen LogP contribution is -2.66. The number of fused-ring (bicyclic) bond motifs is 2. The van der Waals surface area contributed by atoms with Crippen LogP contribution in [-0.4, -0.2) is 147 Å². The van der Waals surface area contributed by atoms with Crippen molar-refractivity contribution in [2.24, 2.45) is 5.92 Å². The molecule has 9 rings (SSSR count). The number of ether oxygens (including phenoxy) is 2. The number of carbonyl (C=O) groups is 5. The summed E-state index contributed by atoms with van der Waals surface area (Å²) in [6.45, 7) is 12.1. The molecule has 16 nitrogen and oxygen atoms in total. The fraction of sp³-hybridized carbons (Fsp3) is 0.482. The molecule has 19 heteroatoms. The monoisotopic (exact) mass is 1040 g/mol. The Bertz CT molecular complexity index is 2760. The van der Waals surface area contributed by atoms with Gasteiger partial charge in [0.2, 0.25) is 17.7 Å². The van der Waals surface area contributed by atoms with Gasteiger partial charge in [0, 0.05) is 87.5 Å². The number of Topliss-reactive ketones (excluding diaryl/α,β-unsaturated/α-hetero) is 1. The van der Waals surface area contributed by atoms with Crippen LogP contribution in [0.3, 0.4) is 0 Å². The molecule has 0 spiro atoms. The van der Waals surface area contributed by atoms with E-state index in [9.17, 15) is 14.0 Å². The third-order valence-corrected chi connectivity index (χ3v) is 15.9. The first-order valence-electron chi connectivity index (χ1n) is 26.1. The Morgan fingerprint density at radius 2 is 1.60 bits per heavy atom. The van der Waals surface area contributed by atoms with E-state index in [1.54, 1.807) is 44.3 Å². The number of ketones is 1. The van der Waals surface area contributed by atoms with Gasteiger partial charge in [-0.25, -0.2) is 13.2 Å². The number of amides is 4. The molecule has 75 heavy (non-hydrogen) atoms. The highest BCUT2D eigenvalue weighted by molar-refractivity contribution is 6.20. The van der Waals surface area contributed by atoms with E-state index >= 15 is 23.2 Å². The number of benzene rings is 4. The van der Waals surface area contributed by atoms with Crippen LogP contribution in [0.2, 0.25) is 0 Å². The molecule has 0 saturated carbocycles. The SMILES string of the molecule is CN[C@@H](C)C(=O)N[C@H](C(=O)N1Cc2ccc(NC(=O)C3(C(=O)C(C)N4C[C@@H](C)NC[C@@H]4CN4CCOC[C@H]4C)CNc4cc(Cc5ccc(F)cc5)ccc43)cc2[C@H]1C(=O)Nc1c(F)cccc1F)C1CCOCC1. The Morgan fingerprint density at radius 3 is 2.32 bits per heavy atom. The van der Waals surface area contributed by atoms with Gasteiger partial charge in [0.1, 0.15) is 35.2 Å². The van der Waals surface area contributed by atoms with Gasteiger partial charge >= 0.3 is 0 Å². The first kappa shape index (κ1) is 53.6. The summed E-state index contributed by atoms with van der Waals surface area (Å²) in [4.78, 5) is 80.3. The number of piperazine rings is 1. The molecule has 3 fully saturated rings. The number of nitrogens with zero attached hydrogens (tertiary/aromatic N) is 3. The maximum absolute atomic E-state index is 15.8. The van der Waals surface area contributed by atoms with Crippen molar-refractivity contribution in [3.8, 4) is 0 Å². The molecule has 0 radical (unpaired) electrons. The highest BCUT2D eigenvalue weighted by Gasteiger charge is 2.55. The predicted octanol–water partition coefficient (Wildman–Crippen LogP) is 4.88. The first-order valence-corrected chi connectivity index (χ1v) is 26.1. The maximum atomic E-state index is 15.8. The average Bonchev–Trinajstić information content (AvgIpc) is 4.00. The molecule has 5 heterocycles. The van der Waals surface area contributed by atoms with Crippen molar-refractivity contribution >= 4 is 46.5 Å². The zero-order chi connectivity index (χ0) is 53.1. The summed E-state index contributed by atoms with van der Waals surface area (Å²) in [5, 5.41) is 18.3. The normalized spacial score (nSPS) is 24.3. The molecule has 6 N–H and O–H groups in total. The molecule has 5 aliphatic heterocycles. The maximum Gasteiger partial charge on any atom is 0.252 e. The highest BCUT2D eigenvalue weighted by Crippen LogP contribution is 2.43. The second-order valence-electron chi connectivity index (χ2n) is 20.8. The molecule has 4 aromatic rings. The van der Waals surface area contributed by atoms with E-state index in [1.807, 2.05) is 25.1 Å². The van der Waals surface area contributed by atoms with Crippen LogP contribution in [0.5, 0.6) is 0 Å². The van der Waals surface area contributed by atoms with E-state index in [1.165, 1.54) is 23.1 Å². The summed E-state index contributed by atoms with van der Waals surface area (Å²) >= 11 is 0. The summed E-state index contributed by atoms with van der Waals surface area (Å²) in [6, 6.07) is 16.1. The Hall–Kier alpha value is -6.22. The van der Waals surface area contributed by atoms with Crippen molar-refractivity contribution in [1.82, 2.24) is 30.7 Å². The number of likely N-dealkylation sites (N-methyl/N-ethyl adjacent to an activating group) is 1. The fourth-order valence-corrected chi connectivity index (χ4v) is 11.4. The summed E-state index contributed by atoms with van der Waals surface area (Å²) in [5.41, 5.74) is 1.38. The van der Waals surface area contributed by atoms with Crippen LogP contribution in [0.15, 0.2) is 78.9 Å². The van der Waals surface area contributed by atoms with Crippen LogP contribution in [0.1, 0.15) is 74.4 Å². The largest absolute Gasteiger partial charge is 0.383 e. The lowest BCUT2D eigenvalue weighted by atomic mass is 9.74. The number of morpholine rings is 1. The molecule has 400 valence electrons. The topological polar surface area (TPSA) is 186 Å². The minimum Gasteiger partial charge on any atom is -0.383 e. The number of rotatable bonds is 16. The molecular formula is C56H68F3N9O7. The van der Waals surface area contributed by atoms with Gasteiger partial charge in [0.15, 0.2) is 11.2 Å². The van der Waals surface area contributed by atoms with Crippen LogP contribution >= 0.6 is 0 Å². The number of carbonyl (C=O) groups excluding carboxylic acids is 5. The second kappa shape index (κ2) is 22.9. The Kier molecular flexibility index (Phi) is 16.4. The summed E-state index contributed by atoms with van der Waals surface area (Å²) < 4.78 is 55.6. The molecule has 4 amide bonds. The van der Waals surface area contributed by atoms with Gasteiger partial charge in [0.25, 0.3) is 5.91 Å². The van der Waals surface area contributed by atoms with Gasteiger partial charge in [-0.15, -0.1) is 0 Å². The number of hydrogen-bond donors (Lipinski definition) is 6. The van der Waals surface area contributed by atoms with Gasteiger partial charge in [-0.2, -0.15) is 0 Å². The van der Waals surface area contributed by atoms with Crippen molar-refractivity contribution < 1.29 is 46.6 Å². The standard InChI is InChI=1S/C56H68F3N9O7/c1-32-27-67(42(26-61-32)29-66-19-22-75-30-33(66)2)35(4)51(69)56(31-62-47-24-37(11-16-44(47)56)23-36-9-13-40(57)14-10-36)55(73)63-41-15-12-39-28-68(50(43(39)25-41)53(71)65-49-45(58)7-6-8-46(49)59)54(72)48(38-17-20-74-21-18-38)64-52(70)34(3)60-5/h6-16,24-25,32-35,38,42,48,50,60-62H,17-23,26-31H2,1-5H3,(H,63,73)(H,64,70)(H,65,71)/t32-,33-,34+,35?,42-,48+,50+,56?/m1/s1. The number of anilines is 3. The lowest BCUT2D eigenvalue weighted by Gasteiger charge is -2.46. The highest BCUT2D eigenvalue weighted by atomic mass is 19.1. The molecule has 4 aromatic carbocycles. The molecule has 2 unspecified atom stereocenters. The minimum atomic E-state index is -1.77. The van der Waals surface area contributed by atoms with E-state index in [4.69, 9.17) is 9.47 Å². The van der Waals surface area contributed by atoms with Crippen molar-refractivity contribution in [2.75, 3.05) is 82.1 Å². The number of halogens is 3. The Morgan fingerprint density at radius 1 is 0.867 bits per heavy atom. The predicted molar refractivity (Wildman–Crippen MR) is 277 cm³/mol. The van der Waals surface area contributed by atoms with Crippen molar-refractivity contribution in [1.29, 1.82) is 0 Å². The summed E-state index contributed by atoms with van der Waals surface area (Å²) in [5.74, 6) is -5.63. The molecule has 5 aliphatic rings. The van der Waals surface area contributed by atoms with Crippen LogP contribution in [-0.2, 0) is 51.8 Å². The van der Waals surface area contributed by atoms with Gasteiger partial charge in [-0.3, -0.25) is 33.8 Å². The van der Waals surface area contributed by atoms with E-state index in [-0.39, 0.29) is 60.0 Å². The lowest BCUT2D eigenvalue weighted by molar-refractivity contribution is -0.144. The smallest absolute Gasteiger partial charge is 0.252 e. The van der Waals surface area contributed by atoms with E-state index in [0.717, 1.165) is 29.8 Å². The Labute approximate surface area is 435 Å². The minimum absolute atomic E-state index is 0.0597. The Balaban J connectivity index is 1.07. The molecule has 0 aromatic heterocycles. The first-order chi connectivity index (χ1) is 36.1. The second-order valence-corrected chi connectivity index (χ2v) is 20.8. The number of nitrogens with one attached hydrogen (secondary N) is 6. The summed E-state index contributed by atoms with van der Waals surface area (Å²) in [7, 11) is 1.62. The van der Waals surface area contributed by atoms with Gasteiger partial charge in [-0.1, -0.05) is 36.4 Å². The van der Waals surface area contributed by atoms with E-state index in [0.29, 0.717) is 82.1 Å². The molecule has 3 saturated heterocycles. The average molecular weight is 1040 g/mol. The molecule has 8 atom stereocenters. The van der Waals surface area contributed by atoms with Crippen LogP contribution < -0.4 is 31.9 Å². The molecular weight excluding hydrogens is 968 g/mol. The summed E-state index contributed by atoms with van der Waals surface area (Å²) in [6.07, 6.45) is 1.38. The zero-order valence-corrected chi connectivity index (χ0v) is 43.2. The van der Waals surface area contributed by atoms with Crippen molar-refractivity contribution in [3.63, 3.8) is 0 Å².